The molecule has 0 atom stereocenters. The van der Waals surface area contributed by atoms with Gasteiger partial charge in [0.15, 0.2) is 11.6 Å². The second kappa shape index (κ2) is 9.62. The second-order valence-electron chi connectivity index (χ2n) is 5.17. The van der Waals surface area contributed by atoms with E-state index in [2.05, 4.69) is 10.2 Å². The van der Waals surface area contributed by atoms with Crippen molar-refractivity contribution in [2.45, 2.75) is 13.5 Å². The molecule has 26 heavy (non-hydrogen) atoms. The topological polar surface area (TPSA) is 73.8 Å². The van der Waals surface area contributed by atoms with Gasteiger partial charge in [-0.2, -0.15) is 0 Å². The number of hydrogen-bond donors (Lipinski definition) is 1. The fourth-order valence-corrected chi connectivity index (χ4v) is 2.92. The number of nitrogens with two attached hydrogens (primary N) is 1. The van der Waals surface area contributed by atoms with Gasteiger partial charge in [-0.05, 0) is 37.3 Å². The molecular formula is C17H16Br2Cl2N4O. The zero-order valence-corrected chi connectivity index (χ0v) is 18.6. The molecule has 0 aliphatic rings. The van der Waals surface area contributed by atoms with Gasteiger partial charge < -0.3 is 5.73 Å². The third-order valence-electron chi connectivity index (χ3n) is 3.64. The highest BCUT2D eigenvalue weighted by Crippen LogP contribution is 2.27. The van der Waals surface area contributed by atoms with E-state index in [0.29, 0.717) is 38.5 Å². The first-order valence-corrected chi connectivity index (χ1v) is 7.98. The molecule has 9 heteroatoms. The van der Waals surface area contributed by atoms with Gasteiger partial charge in [-0.3, -0.25) is 9.36 Å². The maximum atomic E-state index is 13.0. The van der Waals surface area contributed by atoms with E-state index >= 15 is 0 Å². The summed E-state index contributed by atoms with van der Waals surface area (Å²) < 4.78 is 1.75. The summed E-state index contributed by atoms with van der Waals surface area (Å²) in [5.74, 6) is 0.961. The number of carbonyl (C=O) groups is 1. The Morgan fingerprint density at radius 3 is 2.42 bits per heavy atom. The number of carbonyl (C=O) groups excluding carboxylic acids is 1. The molecule has 2 N–H and O–H groups in total. The maximum Gasteiger partial charge on any atom is 0.196 e. The van der Waals surface area contributed by atoms with Crippen LogP contribution < -0.4 is 5.73 Å². The van der Waals surface area contributed by atoms with Crippen LogP contribution >= 0.6 is 57.2 Å². The lowest BCUT2D eigenvalue weighted by atomic mass is 10.0. The van der Waals surface area contributed by atoms with Crippen molar-refractivity contribution in [1.29, 1.82) is 0 Å². The van der Waals surface area contributed by atoms with Crippen molar-refractivity contribution in [3.63, 3.8) is 0 Å². The Hall–Kier alpha value is -1.25. The summed E-state index contributed by atoms with van der Waals surface area (Å²) in [5, 5.41) is 8.92. The first-order valence-electron chi connectivity index (χ1n) is 7.23. The van der Waals surface area contributed by atoms with Crippen molar-refractivity contribution < 1.29 is 4.79 Å². The fraction of sp³-hybridized carbons (Fsp3) is 0.118. The van der Waals surface area contributed by atoms with Crippen molar-refractivity contribution in [3.05, 3.63) is 75.3 Å². The number of aryl methyl sites for hydroxylation is 1. The SMILES string of the molecule is Br.Br.Cc1nnc(CN)n1-c1ccc(Cl)cc1C(=O)c1ccccc1Cl. The lowest BCUT2D eigenvalue weighted by Gasteiger charge is -2.14. The Kier molecular flexibility index (Phi) is 8.43. The highest BCUT2D eigenvalue weighted by molar-refractivity contribution is 8.93. The van der Waals surface area contributed by atoms with Crippen molar-refractivity contribution in [2.75, 3.05) is 0 Å². The monoisotopic (exact) mass is 520 g/mol. The molecule has 0 aliphatic heterocycles. The van der Waals surface area contributed by atoms with E-state index < -0.39 is 0 Å². The predicted octanol–water partition coefficient (Wildman–Crippen LogP) is 4.73. The summed E-state index contributed by atoms with van der Waals surface area (Å²) in [4.78, 5) is 13.0. The van der Waals surface area contributed by atoms with Gasteiger partial charge in [0.25, 0.3) is 0 Å². The van der Waals surface area contributed by atoms with Crippen LogP contribution in [0.4, 0.5) is 0 Å². The minimum absolute atomic E-state index is 0. The Morgan fingerprint density at radius 2 is 1.77 bits per heavy atom. The number of nitrogens with zero attached hydrogens (tertiary/aromatic N) is 3. The summed E-state index contributed by atoms with van der Waals surface area (Å²) in [5.41, 5.74) is 7.17. The summed E-state index contributed by atoms with van der Waals surface area (Å²) >= 11 is 12.3. The Balaban J connectivity index is 0.00000169. The fourth-order valence-electron chi connectivity index (χ4n) is 2.53. The number of benzene rings is 2. The highest BCUT2D eigenvalue weighted by atomic mass is 79.9. The van der Waals surface area contributed by atoms with Gasteiger partial charge in [0.1, 0.15) is 5.82 Å². The standard InChI is InChI=1S/C17H14Cl2N4O.2BrH/c1-10-21-22-16(9-20)23(10)15-7-6-11(18)8-13(15)17(24)12-4-2-3-5-14(12)19;;/h2-8H,9,20H2,1H3;2*1H. The van der Waals surface area contributed by atoms with E-state index in [1.165, 1.54) is 0 Å². The van der Waals surface area contributed by atoms with Gasteiger partial charge in [0.05, 0.1) is 17.3 Å². The molecule has 0 saturated carbocycles. The first-order chi connectivity index (χ1) is 11.5. The Bertz CT molecular complexity index is 931. The van der Waals surface area contributed by atoms with Crippen LogP contribution in [0.25, 0.3) is 5.69 Å². The molecule has 0 fully saturated rings. The summed E-state index contributed by atoms with van der Waals surface area (Å²) in [6, 6.07) is 12.0. The van der Waals surface area contributed by atoms with Crippen LogP contribution in [-0.4, -0.2) is 20.5 Å². The van der Waals surface area contributed by atoms with Gasteiger partial charge in [-0.25, -0.2) is 0 Å². The van der Waals surface area contributed by atoms with Crippen LogP contribution in [0.2, 0.25) is 10.0 Å². The third-order valence-corrected chi connectivity index (χ3v) is 4.20. The van der Waals surface area contributed by atoms with E-state index in [1.807, 2.05) is 0 Å². The number of hydrogen-bond acceptors (Lipinski definition) is 4. The zero-order chi connectivity index (χ0) is 17.3. The predicted molar refractivity (Wildman–Crippen MR) is 115 cm³/mol. The largest absolute Gasteiger partial charge is 0.324 e. The lowest BCUT2D eigenvalue weighted by Crippen LogP contribution is -2.13. The molecule has 0 amide bonds. The quantitative estimate of drug-likeness (QED) is 0.503. The first kappa shape index (κ1) is 22.8. The molecule has 3 rings (SSSR count). The number of ketones is 1. The smallest absolute Gasteiger partial charge is 0.196 e. The summed E-state index contributed by atoms with van der Waals surface area (Å²) in [7, 11) is 0. The number of halogens is 4. The van der Waals surface area contributed by atoms with Crippen LogP contribution in [0.3, 0.4) is 0 Å². The molecule has 0 unspecified atom stereocenters. The zero-order valence-electron chi connectivity index (χ0n) is 13.6. The maximum absolute atomic E-state index is 13.0. The molecule has 5 nitrogen and oxygen atoms in total. The Labute approximate surface area is 182 Å². The van der Waals surface area contributed by atoms with Crippen LogP contribution in [0.5, 0.6) is 0 Å². The van der Waals surface area contributed by atoms with Crippen molar-refractivity contribution in [2.24, 2.45) is 5.73 Å². The van der Waals surface area contributed by atoms with E-state index in [9.17, 15) is 4.79 Å². The van der Waals surface area contributed by atoms with E-state index in [1.54, 1.807) is 54.0 Å². The molecule has 0 bridgehead atoms. The van der Waals surface area contributed by atoms with Crippen molar-refractivity contribution in [1.82, 2.24) is 14.8 Å². The minimum Gasteiger partial charge on any atom is -0.324 e. The summed E-state index contributed by atoms with van der Waals surface area (Å²) in [6.45, 7) is 1.99. The lowest BCUT2D eigenvalue weighted by molar-refractivity contribution is 0.103. The summed E-state index contributed by atoms with van der Waals surface area (Å²) in [6.07, 6.45) is 0. The molecule has 0 spiro atoms. The molecule has 3 aromatic rings. The van der Waals surface area contributed by atoms with Crippen molar-refractivity contribution >= 4 is 62.9 Å². The van der Waals surface area contributed by atoms with Crippen LogP contribution in [-0.2, 0) is 6.54 Å². The molecule has 2 aromatic carbocycles. The van der Waals surface area contributed by atoms with Gasteiger partial charge in [0, 0.05) is 16.1 Å². The van der Waals surface area contributed by atoms with Crippen LogP contribution in [0, 0.1) is 6.92 Å². The van der Waals surface area contributed by atoms with Crippen LogP contribution in [0.1, 0.15) is 27.6 Å². The van der Waals surface area contributed by atoms with Crippen LogP contribution in [0.15, 0.2) is 42.5 Å². The molecule has 0 aliphatic carbocycles. The molecule has 0 saturated heterocycles. The van der Waals surface area contributed by atoms with Gasteiger partial charge in [0.2, 0.25) is 0 Å². The van der Waals surface area contributed by atoms with Gasteiger partial charge >= 0.3 is 0 Å². The number of aromatic nitrogens is 3. The second-order valence-corrected chi connectivity index (χ2v) is 6.02. The average Bonchev–Trinajstić information content (AvgIpc) is 2.95. The van der Waals surface area contributed by atoms with E-state index in [0.717, 1.165) is 0 Å². The van der Waals surface area contributed by atoms with Crippen molar-refractivity contribution in [3.8, 4) is 5.69 Å². The minimum atomic E-state index is -0.228. The average molecular weight is 523 g/mol. The highest BCUT2D eigenvalue weighted by Gasteiger charge is 2.20. The molecular weight excluding hydrogens is 507 g/mol. The van der Waals surface area contributed by atoms with E-state index in [4.69, 9.17) is 28.9 Å². The van der Waals surface area contributed by atoms with Gasteiger partial charge in [-0.1, -0.05) is 35.3 Å². The van der Waals surface area contributed by atoms with Gasteiger partial charge in [-0.15, -0.1) is 44.2 Å². The normalized spacial score (nSPS) is 10.0. The molecule has 138 valence electrons. The molecule has 1 heterocycles. The van der Waals surface area contributed by atoms with E-state index in [-0.39, 0.29) is 46.3 Å². The Morgan fingerprint density at radius 1 is 1.08 bits per heavy atom. The molecule has 0 radical (unpaired) electrons. The third kappa shape index (κ3) is 4.35. The number of rotatable bonds is 4. The molecule has 1 aromatic heterocycles.